The Bertz CT molecular complexity index is 217. The summed E-state index contributed by atoms with van der Waals surface area (Å²) in [5.41, 5.74) is 0. The Morgan fingerprint density at radius 2 is 2.31 bits per heavy atom. The zero-order valence-electron chi connectivity index (χ0n) is 8.67. The first kappa shape index (κ1) is 13.0. The van der Waals surface area contributed by atoms with Crippen molar-refractivity contribution in [3.05, 3.63) is 22.4 Å². The zero-order chi connectivity index (χ0) is 10.1. The number of thiophene rings is 1. The quantitative estimate of drug-likeness (QED) is 0.527. The van der Waals surface area contributed by atoms with Crippen LogP contribution in [0.15, 0.2) is 17.5 Å². The van der Waals surface area contributed by atoms with Gasteiger partial charge in [-0.1, -0.05) is 6.07 Å². The molecule has 1 aromatic rings. The molecule has 0 N–H and O–H groups in total. The number of carbonyl (C=O) groups is 1. The average molecular weight is 190 g/mol. The second-order valence-corrected chi connectivity index (χ2v) is 3.83. The molecule has 0 aliphatic rings. The maximum absolute atomic E-state index is 10.5. The molecule has 13 heavy (non-hydrogen) atoms. The first-order valence-corrected chi connectivity index (χ1v) is 5.64. The third kappa shape index (κ3) is 7.07. The Balaban J connectivity index is 0.000000252. The van der Waals surface area contributed by atoms with Crippen LogP contribution >= 0.6 is 11.3 Å². The van der Waals surface area contributed by atoms with E-state index in [0.29, 0.717) is 0 Å². The van der Waals surface area contributed by atoms with Gasteiger partial charge in [-0.2, -0.15) is 0 Å². The predicted molar refractivity (Wildman–Crippen MR) is 59.8 cm³/mol. The second kappa shape index (κ2) is 8.56. The van der Waals surface area contributed by atoms with Gasteiger partial charge in [0.1, 0.15) is 0 Å². The maximum atomic E-state index is 10.5. The van der Waals surface area contributed by atoms with Crippen molar-refractivity contribution >= 4 is 34.8 Å². The van der Waals surface area contributed by atoms with Gasteiger partial charge < -0.3 is 0 Å². The molecule has 0 radical (unpaired) electrons. The number of hydrogen-bond donors (Lipinski definition) is 0. The number of unbranched alkanes of at least 4 members (excludes halogenated alkanes) is 1. The van der Waals surface area contributed by atoms with Crippen molar-refractivity contribution in [2.24, 2.45) is 0 Å². The number of Topliss-reactive ketones (excluding diaryl/α,β-unsaturated/α-hetero) is 1. The summed E-state index contributed by atoms with van der Waals surface area (Å²) in [5, 5.41) is 3.24. The normalized spacial score (nSPS) is 8.92. The van der Waals surface area contributed by atoms with Crippen LogP contribution in [-0.2, 0) is 0 Å². The van der Waals surface area contributed by atoms with Crippen LogP contribution in [0, 0.1) is 0 Å². The molecule has 0 aliphatic heterocycles. The molecule has 0 bridgehead atoms. The first-order valence-electron chi connectivity index (χ1n) is 4.76. The molecular weight excluding hydrogens is 175 g/mol. The molecule has 0 saturated carbocycles. The van der Waals surface area contributed by atoms with E-state index in [0.717, 1.165) is 4.88 Å². The van der Waals surface area contributed by atoms with E-state index in [1.165, 1.54) is 29.3 Å². The molecule has 1 nitrogen and oxygen atoms in total. The van der Waals surface area contributed by atoms with Gasteiger partial charge in [0.2, 0.25) is 0 Å². The number of carbonyl (C=O) groups excluding carboxylic acids is 1. The molecule has 0 aliphatic carbocycles. The first-order chi connectivity index (χ1) is 6.22. The van der Waals surface area contributed by atoms with E-state index < -0.39 is 0 Å². The van der Waals surface area contributed by atoms with Crippen molar-refractivity contribution in [3.63, 3.8) is 0 Å². The molecule has 0 saturated heterocycles. The van der Waals surface area contributed by atoms with Crippen molar-refractivity contribution in [2.75, 3.05) is 0 Å². The summed E-state index contributed by atoms with van der Waals surface area (Å²) in [6, 6.07) is 3.70. The van der Waals surface area contributed by atoms with Gasteiger partial charge in [0, 0.05) is 0 Å². The summed E-state index contributed by atoms with van der Waals surface area (Å²) < 4.78 is 0. The van der Waals surface area contributed by atoms with Crippen LogP contribution in [0.5, 0.6) is 0 Å². The Morgan fingerprint density at radius 1 is 1.62 bits per heavy atom. The number of rotatable bonds is 3. The van der Waals surface area contributed by atoms with Gasteiger partial charge in [-0.05, 0) is 18.4 Å². The van der Waals surface area contributed by atoms with Crippen LogP contribution in [0.2, 0.25) is 5.09 Å². The predicted octanol–water partition coefficient (Wildman–Crippen LogP) is 3.32. The standard InChI is InChI=1S/C6H6OS.C4H9.Li/c1-5(7)6-3-2-4-8-6;1-3-4-2;/h2-4H,1H3;1,3-4H2,2H3;. The summed E-state index contributed by atoms with van der Waals surface area (Å²) in [6.07, 6.45) is 2.73. The van der Waals surface area contributed by atoms with E-state index in [1.807, 2.05) is 17.5 Å². The van der Waals surface area contributed by atoms with Gasteiger partial charge in [-0.15, -0.1) is 11.3 Å². The molecule has 68 valence electrons. The number of ketones is 1. The van der Waals surface area contributed by atoms with Gasteiger partial charge in [0.25, 0.3) is 0 Å². The monoisotopic (exact) mass is 190 g/mol. The summed E-state index contributed by atoms with van der Waals surface area (Å²) in [4.78, 5) is 11.4. The minimum absolute atomic E-state index is 0.153. The van der Waals surface area contributed by atoms with Crippen LogP contribution in [0.25, 0.3) is 0 Å². The van der Waals surface area contributed by atoms with Gasteiger partial charge in [-0.3, -0.25) is 4.79 Å². The van der Waals surface area contributed by atoms with Crippen molar-refractivity contribution in [1.29, 1.82) is 0 Å². The van der Waals surface area contributed by atoms with E-state index >= 15 is 0 Å². The summed E-state index contributed by atoms with van der Waals surface area (Å²) >= 11 is 3.69. The van der Waals surface area contributed by atoms with Crippen LogP contribution in [0.4, 0.5) is 0 Å². The molecule has 0 atom stereocenters. The fourth-order valence-corrected chi connectivity index (χ4v) is 1.46. The summed E-state index contributed by atoms with van der Waals surface area (Å²) in [6.45, 7) is 3.79. The molecule has 1 rings (SSSR count). The van der Waals surface area contributed by atoms with Gasteiger partial charge >= 0.3 is 42.6 Å². The van der Waals surface area contributed by atoms with Gasteiger partial charge in [-0.25, -0.2) is 0 Å². The molecule has 0 fully saturated rings. The topological polar surface area (TPSA) is 17.1 Å². The van der Waals surface area contributed by atoms with Crippen molar-refractivity contribution < 1.29 is 4.79 Å². The Hall–Kier alpha value is -0.0326. The molecule has 0 aromatic carbocycles. The van der Waals surface area contributed by atoms with Crippen LogP contribution in [0.3, 0.4) is 0 Å². The van der Waals surface area contributed by atoms with E-state index in [2.05, 4.69) is 24.6 Å². The Labute approximate surface area is 93.8 Å². The molecule has 1 aromatic heterocycles. The van der Waals surface area contributed by atoms with Crippen molar-refractivity contribution in [2.45, 2.75) is 31.8 Å². The molecule has 1 heterocycles. The fraction of sp³-hybridized carbons (Fsp3) is 0.500. The fourth-order valence-electron chi connectivity index (χ4n) is 0.832. The molecule has 0 spiro atoms. The van der Waals surface area contributed by atoms with E-state index in [4.69, 9.17) is 0 Å². The van der Waals surface area contributed by atoms with Crippen LogP contribution < -0.4 is 0 Å². The summed E-state index contributed by atoms with van der Waals surface area (Å²) in [5.74, 6) is 0.153. The zero-order valence-corrected chi connectivity index (χ0v) is 9.49. The number of hydrogen-bond acceptors (Lipinski definition) is 2. The Kier molecular flexibility index (Phi) is 8.54. The van der Waals surface area contributed by atoms with Crippen LogP contribution in [-0.4, -0.2) is 23.5 Å². The summed E-state index contributed by atoms with van der Waals surface area (Å²) in [7, 11) is 0. The van der Waals surface area contributed by atoms with E-state index in [9.17, 15) is 4.79 Å². The van der Waals surface area contributed by atoms with Gasteiger partial charge in [0.15, 0.2) is 5.78 Å². The molecule has 0 amide bonds. The molecule has 0 unspecified atom stereocenters. The molecular formula is C10H15LiOS. The minimum atomic E-state index is 0.153. The molecule has 3 heteroatoms. The van der Waals surface area contributed by atoms with E-state index in [-0.39, 0.29) is 5.78 Å². The third-order valence-electron chi connectivity index (χ3n) is 1.58. The van der Waals surface area contributed by atoms with Crippen LogP contribution in [0.1, 0.15) is 36.4 Å². The van der Waals surface area contributed by atoms with Crippen molar-refractivity contribution in [3.8, 4) is 0 Å². The average Bonchev–Trinajstić information content (AvgIpc) is 2.58. The van der Waals surface area contributed by atoms with Crippen molar-refractivity contribution in [1.82, 2.24) is 0 Å². The Morgan fingerprint density at radius 3 is 2.46 bits per heavy atom. The third-order valence-corrected chi connectivity index (χ3v) is 2.55. The SMILES string of the molecule is CC(=O)c1cccs1.[Li][CH2]CCC. The second-order valence-electron chi connectivity index (χ2n) is 2.89. The van der Waals surface area contributed by atoms with Gasteiger partial charge in [0.05, 0.1) is 4.88 Å². The van der Waals surface area contributed by atoms with E-state index in [1.54, 1.807) is 6.92 Å².